The average Bonchev–Trinajstić information content (AvgIpc) is 2.93. The highest BCUT2D eigenvalue weighted by molar-refractivity contribution is 7.89. The largest absolute Gasteiger partial charge is 0.465 e. The van der Waals surface area contributed by atoms with Crippen LogP contribution in [0.1, 0.15) is 16.8 Å². The van der Waals surface area contributed by atoms with E-state index >= 15 is 0 Å². The highest BCUT2D eigenvalue weighted by atomic mass is 32.2. The van der Waals surface area contributed by atoms with Gasteiger partial charge < -0.3 is 15.4 Å². The van der Waals surface area contributed by atoms with Crippen LogP contribution in [0.4, 0.5) is 5.69 Å². The molecule has 2 amide bonds. The fourth-order valence-electron chi connectivity index (χ4n) is 2.31. The second kappa shape index (κ2) is 8.08. The van der Waals surface area contributed by atoms with Crippen LogP contribution in [0.5, 0.6) is 0 Å². The van der Waals surface area contributed by atoms with Crippen molar-refractivity contribution in [2.75, 3.05) is 37.8 Å². The monoisotopic (exact) mass is 369 g/mol. The second-order valence-electron chi connectivity index (χ2n) is 5.35. The number of carbonyl (C=O) groups excluding carboxylic acids is 3. The van der Waals surface area contributed by atoms with Crippen LogP contribution in [-0.2, 0) is 24.3 Å². The number of esters is 1. The van der Waals surface area contributed by atoms with Gasteiger partial charge in [0.2, 0.25) is 10.0 Å². The topological polar surface area (TPSA) is 122 Å². The molecule has 1 saturated heterocycles. The van der Waals surface area contributed by atoms with Gasteiger partial charge in [-0.15, -0.1) is 0 Å². The highest BCUT2D eigenvalue weighted by Gasteiger charge is 2.27. The summed E-state index contributed by atoms with van der Waals surface area (Å²) in [4.78, 5) is 34.8. The molecule has 0 aromatic heterocycles. The molecule has 0 saturated carbocycles. The Morgan fingerprint density at radius 1 is 1.16 bits per heavy atom. The second-order valence-corrected chi connectivity index (χ2v) is 7.44. The minimum Gasteiger partial charge on any atom is -0.465 e. The van der Waals surface area contributed by atoms with E-state index in [1.54, 1.807) is 0 Å². The van der Waals surface area contributed by atoms with Crippen LogP contribution in [0, 0.1) is 0 Å². The predicted molar refractivity (Wildman–Crippen MR) is 89.4 cm³/mol. The molecule has 1 heterocycles. The minimum absolute atomic E-state index is 0.0484. The van der Waals surface area contributed by atoms with Crippen molar-refractivity contribution in [1.29, 1.82) is 0 Å². The number of carbonyl (C=O) groups is 3. The molecule has 1 aromatic rings. The molecule has 1 aliphatic heterocycles. The van der Waals surface area contributed by atoms with Crippen LogP contribution in [0.3, 0.4) is 0 Å². The molecule has 1 aliphatic rings. The number of sulfonamides is 1. The third-order valence-corrected chi connectivity index (χ3v) is 5.58. The molecular formula is C15H19N3O6S. The molecule has 0 unspecified atom stereocenters. The molecule has 0 radical (unpaired) electrons. The van der Waals surface area contributed by atoms with E-state index in [0.717, 1.165) is 0 Å². The van der Waals surface area contributed by atoms with Crippen LogP contribution in [0.25, 0.3) is 0 Å². The summed E-state index contributed by atoms with van der Waals surface area (Å²) in [6, 6.07) is 5.84. The first-order chi connectivity index (χ1) is 11.8. The van der Waals surface area contributed by atoms with Gasteiger partial charge >= 0.3 is 17.8 Å². The third kappa shape index (κ3) is 5.00. The Bertz CT molecular complexity index is 760. The molecule has 10 heteroatoms. The first-order valence-electron chi connectivity index (χ1n) is 7.59. The van der Waals surface area contributed by atoms with Crippen LogP contribution in [0.15, 0.2) is 24.3 Å². The van der Waals surface area contributed by atoms with E-state index in [4.69, 9.17) is 0 Å². The normalized spacial score (nSPS) is 16.2. The summed E-state index contributed by atoms with van der Waals surface area (Å²) in [5.74, 6) is -2.14. The fourth-order valence-corrected chi connectivity index (χ4v) is 3.84. The molecule has 25 heavy (non-hydrogen) atoms. The summed E-state index contributed by atoms with van der Waals surface area (Å²) in [6.07, 6.45) is 0.568. The maximum atomic E-state index is 11.8. The molecule has 9 nitrogen and oxygen atoms in total. The molecule has 1 fully saturated rings. The number of nitrogens with one attached hydrogen (secondary N) is 2. The number of methoxy groups -OCH3 is 1. The number of anilines is 1. The van der Waals surface area contributed by atoms with Crippen LogP contribution in [0.2, 0.25) is 0 Å². The molecule has 0 bridgehead atoms. The van der Waals surface area contributed by atoms with Gasteiger partial charge in [0.15, 0.2) is 0 Å². The van der Waals surface area contributed by atoms with E-state index in [0.29, 0.717) is 24.2 Å². The first-order valence-corrected chi connectivity index (χ1v) is 9.20. The zero-order chi connectivity index (χ0) is 18.4. The van der Waals surface area contributed by atoms with Crippen molar-refractivity contribution < 1.29 is 27.5 Å². The summed E-state index contributed by atoms with van der Waals surface area (Å²) in [5, 5.41) is 4.76. The van der Waals surface area contributed by atoms with E-state index in [9.17, 15) is 22.8 Å². The van der Waals surface area contributed by atoms with Gasteiger partial charge in [0.25, 0.3) is 0 Å². The number of hydrogen-bond donors (Lipinski definition) is 2. The van der Waals surface area contributed by atoms with Crippen LogP contribution >= 0.6 is 0 Å². The van der Waals surface area contributed by atoms with E-state index in [1.807, 2.05) is 0 Å². The van der Waals surface area contributed by atoms with E-state index < -0.39 is 27.8 Å². The molecular weight excluding hydrogens is 350 g/mol. The number of ether oxygens (including phenoxy) is 1. The maximum absolute atomic E-state index is 11.8. The standard InChI is InChI=1S/C15H19N3O6S/c1-24-15(21)11-3-5-12(6-4-11)17-14(20)13(19)16-7-9-18-8-2-10-25(18,22)23/h3-6H,2,7-10H2,1H3,(H,16,19)(H,17,20). The Labute approximate surface area is 145 Å². The van der Waals surface area contributed by atoms with Crippen LogP contribution < -0.4 is 10.6 Å². The first kappa shape index (κ1) is 18.9. The molecule has 0 aliphatic carbocycles. The Morgan fingerprint density at radius 2 is 1.84 bits per heavy atom. The van der Waals surface area contributed by atoms with Gasteiger partial charge in [-0.05, 0) is 30.7 Å². The van der Waals surface area contributed by atoms with Crippen molar-refractivity contribution in [2.45, 2.75) is 6.42 Å². The lowest BCUT2D eigenvalue weighted by atomic mass is 10.2. The summed E-state index contributed by atoms with van der Waals surface area (Å²) in [5.41, 5.74) is 0.659. The van der Waals surface area contributed by atoms with E-state index in [1.165, 1.54) is 35.7 Å². The lowest BCUT2D eigenvalue weighted by Gasteiger charge is -2.14. The van der Waals surface area contributed by atoms with Crippen LogP contribution in [-0.4, -0.2) is 63.0 Å². The number of benzene rings is 1. The van der Waals surface area contributed by atoms with Gasteiger partial charge in [-0.2, -0.15) is 0 Å². The lowest BCUT2D eigenvalue weighted by molar-refractivity contribution is -0.136. The minimum atomic E-state index is -3.22. The summed E-state index contributed by atoms with van der Waals surface area (Å²) in [6.45, 7) is 0.610. The molecule has 2 N–H and O–H groups in total. The number of nitrogens with zero attached hydrogens (tertiary/aromatic N) is 1. The van der Waals surface area contributed by atoms with Gasteiger partial charge in [-0.25, -0.2) is 17.5 Å². The summed E-state index contributed by atoms with van der Waals surface area (Å²) in [7, 11) is -1.96. The molecule has 1 aromatic carbocycles. The highest BCUT2D eigenvalue weighted by Crippen LogP contribution is 2.12. The third-order valence-electron chi connectivity index (χ3n) is 3.62. The van der Waals surface area contributed by atoms with Gasteiger partial charge in [0.05, 0.1) is 18.4 Å². The number of hydrogen-bond acceptors (Lipinski definition) is 6. The molecule has 0 spiro atoms. The quantitative estimate of drug-likeness (QED) is 0.536. The predicted octanol–water partition coefficient (Wildman–Crippen LogP) is -0.437. The van der Waals surface area contributed by atoms with Gasteiger partial charge in [0.1, 0.15) is 0 Å². The van der Waals surface area contributed by atoms with Crippen molar-refractivity contribution in [2.24, 2.45) is 0 Å². The van der Waals surface area contributed by atoms with Crippen molar-refractivity contribution in [1.82, 2.24) is 9.62 Å². The maximum Gasteiger partial charge on any atom is 0.337 e. The average molecular weight is 369 g/mol. The Kier molecular flexibility index (Phi) is 6.10. The van der Waals surface area contributed by atoms with Crippen molar-refractivity contribution in [3.05, 3.63) is 29.8 Å². The Balaban J connectivity index is 1.80. The Hall–Kier alpha value is -2.46. The van der Waals surface area contributed by atoms with E-state index in [2.05, 4.69) is 15.4 Å². The van der Waals surface area contributed by atoms with Gasteiger partial charge in [0, 0.05) is 25.3 Å². The zero-order valence-electron chi connectivity index (χ0n) is 13.6. The Morgan fingerprint density at radius 3 is 2.40 bits per heavy atom. The van der Waals surface area contributed by atoms with E-state index in [-0.39, 0.29) is 18.8 Å². The van der Waals surface area contributed by atoms with Crippen molar-refractivity contribution >= 4 is 33.5 Å². The fraction of sp³-hybridized carbons (Fsp3) is 0.400. The molecule has 2 rings (SSSR count). The van der Waals surface area contributed by atoms with Gasteiger partial charge in [-0.3, -0.25) is 9.59 Å². The zero-order valence-corrected chi connectivity index (χ0v) is 14.5. The smallest absolute Gasteiger partial charge is 0.337 e. The lowest BCUT2D eigenvalue weighted by Crippen LogP contribution is -2.40. The van der Waals surface area contributed by atoms with Crippen molar-refractivity contribution in [3.63, 3.8) is 0 Å². The summed E-state index contributed by atoms with van der Waals surface area (Å²) < 4.78 is 29.1. The molecule has 0 atom stereocenters. The molecule has 136 valence electrons. The van der Waals surface area contributed by atoms with Crippen molar-refractivity contribution in [3.8, 4) is 0 Å². The SMILES string of the molecule is COC(=O)c1ccc(NC(=O)C(=O)NCCN2CCCS2(=O)=O)cc1. The number of rotatable bonds is 5. The summed E-state index contributed by atoms with van der Waals surface area (Å²) >= 11 is 0. The van der Waals surface area contributed by atoms with Gasteiger partial charge in [-0.1, -0.05) is 0 Å². The number of amides is 2.